The highest BCUT2D eigenvalue weighted by Crippen LogP contribution is 2.28. The van der Waals surface area contributed by atoms with Gasteiger partial charge in [-0.1, -0.05) is 19.1 Å². The molecule has 0 radical (unpaired) electrons. The van der Waals surface area contributed by atoms with Crippen LogP contribution in [0.1, 0.15) is 38.8 Å². The number of rotatable bonds is 5. The Labute approximate surface area is 97.3 Å². The van der Waals surface area contributed by atoms with Crippen molar-refractivity contribution in [3.8, 4) is 0 Å². The van der Waals surface area contributed by atoms with Crippen LogP contribution in [0.3, 0.4) is 0 Å². The van der Waals surface area contributed by atoms with Gasteiger partial charge in [0.1, 0.15) is 5.82 Å². The smallest absolute Gasteiger partial charge is 0.146 e. The molecule has 0 aliphatic carbocycles. The number of hydrogen-bond acceptors (Lipinski definition) is 2. The minimum absolute atomic E-state index is 0.142. The highest BCUT2D eigenvalue weighted by Gasteiger charge is 2.16. The third-order valence-corrected chi connectivity index (χ3v) is 2.70. The molecular formula is C13H21FN2. The van der Waals surface area contributed by atoms with Crippen LogP contribution in [-0.4, -0.2) is 13.1 Å². The van der Waals surface area contributed by atoms with Crippen molar-refractivity contribution in [2.24, 2.45) is 5.73 Å². The maximum atomic E-state index is 13.9. The van der Waals surface area contributed by atoms with Gasteiger partial charge < -0.3 is 10.6 Å². The Bertz CT molecular complexity index is 337. The molecule has 1 aromatic rings. The summed E-state index contributed by atoms with van der Waals surface area (Å²) < 4.78 is 13.9. The van der Waals surface area contributed by atoms with Crippen LogP contribution in [0.15, 0.2) is 18.2 Å². The van der Waals surface area contributed by atoms with Crippen LogP contribution in [0, 0.1) is 5.82 Å². The molecule has 90 valence electrons. The Morgan fingerprint density at radius 2 is 2.06 bits per heavy atom. The van der Waals surface area contributed by atoms with Crippen molar-refractivity contribution in [2.45, 2.75) is 33.2 Å². The molecule has 0 aliphatic rings. The summed E-state index contributed by atoms with van der Waals surface area (Å²) in [7, 11) is 0. The van der Waals surface area contributed by atoms with Crippen molar-refractivity contribution in [1.82, 2.24) is 0 Å². The molecule has 2 N–H and O–H groups in total. The average molecular weight is 224 g/mol. The fourth-order valence-electron chi connectivity index (χ4n) is 1.93. The minimum Gasteiger partial charge on any atom is -0.369 e. The Balaban J connectivity index is 3.17. The van der Waals surface area contributed by atoms with Gasteiger partial charge in [-0.05, 0) is 31.9 Å². The van der Waals surface area contributed by atoms with Crippen LogP contribution in [0.25, 0.3) is 0 Å². The van der Waals surface area contributed by atoms with E-state index in [9.17, 15) is 4.39 Å². The number of nitrogens with two attached hydrogens (primary N) is 1. The Kier molecular flexibility index (Phi) is 4.74. The lowest BCUT2D eigenvalue weighted by molar-refractivity contribution is 0.610. The Morgan fingerprint density at radius 3 is 2.56 bits per heavy atom. The van der Waals surface area contributed by atoms with Gasteiger partial charge in [0.05, 0.1) is 5.69 Å². The lowest BCUT2D eigenvalue weighted by Gasteiger charge is -2.27. The summed E-state index contributed by atoms with van der Waals surface area (Å²) in [5, 5.41) is 0. The van der Waals surface area contributed by atoms with Crippen molar-refractivity contribution in [3.63, 3.8) is 0 Å². The summed E-state index contributed by atoms with van der Waals surface area (Å²) in [6.45, 7) is 7.67. The number of nitrogens with zero attached hydrogens (tertiary/aromatic N) is 1. The molecule has 0 aromatic heterocycles. The van der Waals surface area contributed by atoms with E-state index in [2.05, 4.69) is 6.92 Å². The summed E-state index contributed by atoms with van der Waals surface area (Å²) in [5.74, 6) is -0.176. The fourth-order valence-corrected chi connectivity index (χ4v) is 1.93. The van der Waals surface area contributed by atoms with E-state index < -0.39 is 0 Å². The van der Waals surface area contributed by atoms with Gasteiger partial charge in [-0.25, -0.2) is 4.39 Å². The molecule has 2 nitrogen and oxygen atoms in total. The van der Waals surface area contributed by atoms with Crippen LogP contribution in [0.4, 0.5) is 10.1 Å². The van der Waals surface area contributed by atoms with Crippen LogP contribution in [0.2, 0.25) is 0 Å². The molecule has 0 saturated heterocycles. The average Bonchev–Trinajstić information content (AvgIpc) is 2.26. The molecule has 0 aliphatic heterocycles. The van der Waals surface area contributed by atoms with E-state index in [1.54, 1.807) is 6.07 Å². The number of hydrogen-bond donors (Lipinski definition) is 1. The number of halogens is 1. The zero-order valence-corrected chi connectivity index (χ0v) is 10.3. The van der Waals surface area contributed by atoms with E-state index in [4.69, 9.17) is 5.73 Å². The van der Waals surface area contributed by atoms with Gasteiger partial charge >= 0.3 is 0 Å². The summed E-state index contributed by atoms with van der Waals surface area (Å²) in [4.78, 5) is 2.05. The quantitative estimate of drug-likeness (QED) is 0.832. The molecule has 0 fully saturated rings. The zero-order valence-electron chi connectivity index (χ0n) is 10.3. The lowest BCUT2D eigenvalue weighted by Crippen LogP contribution is -2.27. The second-order valence-corrected chi connectivity index (χ2v) is 4.05. The highest BCUT2D eigenvalue weighted by atomic mass is 19.1. The summed E-state index contributed by atoms with van der Waals surface area (Å²) in [5.41, 5.74) is 7.43. The molecule has 3 heteroatoms. The summed E-state index contributed by atoms with van der Waals surface area (Å²) >= 11 is 0. The third kappa shape index (κ3) is 2.73. The van der Waals surface area contributed by atoms with E-state index in [1.165, 1.54) is 6.07 Å². The van der Waals surface area contributed by atoms with Crippen molar-refractivity contribution < 1.29 is 4.39 Å². The van der Waals surface area contributed by atoms with Crippen molar-refractivity contribution >= 4 is 5.69 Å². The second kappa shape index (κ2) is 5.85. The molecule has 1 rings (SSSR count). The molecule has 1 atom stereocenters. The highest BCUT2D eigenvalue weighted by molar-refractivity contribution is 5.56. The Morgan fingerprint density at radius 1 is 1.38 bits per heavy atom. The van der Waals surface area contributed by atoms with E-state index in [0.717, 1.165) is 25.1 Å². The molecule has 0 unspecified atom stereocenters. The monoisotopic (exact) mass is 224 g/mol. The van der Waals surface area contributed by atoms with E-state index in [1.807, 2.05) is 24.8 Å². The minimum atomic E-state index is -0.176. The largest absolute Gasteiger partial charge is 0.369 e. The van der Waals surface area contributed by atoms with Gasteiger partial charge in [0.15, 0.2) is 0 Å². The number of para-hydroxylation sites is 1. The van der Waals surface area contributed by atoms with E-state index in [0.29, 0.717) is 5.69 Å². The van der Waals surface area contributed by atoms with Gasteiger partial charge in [0.2, 0.25) is 0 Å². The molecule has 16 heavy (non-hydrogen) atoms. The van der Waals surface area contributed by atoms with Gasteiger partial charge in [0, 0.05) is 19.1 Å². The van der Waals surface area contributed by atoms with Crippen LogP contribution in [-0.2, 0) is 0 Å². The molecular weight excluding hydrogens is 203 g/mol. The number of benzene rings is 1. The normalized spacial score (nSPS) is 12.6. The molecule has 0 amide bonds. The molecule has 0 saturated carbocycles. The first-order chi connectivity index (χ1) is 7.61. The molecule has 0 heterocycles. The molecule has 0 bridgehead atoms. The second-order valence-electron chi connectivity index (χ2n) is 4.05. The van der Waals surface area contributed by atoms with Gasteiger partial charge in [-0.3, -0.25) is 0 Å². The predicted molar refractivity (Wildman–Crippen MR) is 67.2 cm³/mol. The fraction of sp³-hybridized carbons (Fsp3) is 0.538. The topological polar surface area (TPSA) is 29.3 Å². The van der Waals surface area contributed by atoms with Crippen LogP contribution in [0.5, 0.6) is 0 Å². The lowest BCUT2D eigenvalue weighted by atomic mass is 10.1. The van der Waals surface area contributed by atoms with Gasteiger partial charge in [0.25, 0.3) is 0 Å². The molecule has 0 spiro atoms. The first kappa shape index (κ1) is 13.0. The first-order valence-electron chi connectivity index (χ1n) is 5.90. The maximum absolute atomic E-state index is 13.9. The Hall–Kier alpha value is -1.09. The molecule has 1 aromatic carbocycles. The van der Waals surface area contributed by atoms with Crippen molar-refractivity contribution in [1.29, 1.82) is 0 Å². The number of anilines is 1. The maximum Gasteiger partial charge on any atom is 0.146 e. The van der Waals surface area contributed by atoms with E-state index >= 15 is 0 Å². The third-order valence-electron chi connectivity index (χ3n) is 2.70. The van der Waals surface area contributed by atoms with Crippen LogP contribution >= 0.6 is 0 Å². The van der Waals surface area contributed by atoms with Crippen LogP contribution < -0.4 is 10.6 Å². The summed E-state index contributed by atoms with van der Waals surface area (Å²) in [6.07, 6.45) is 1.00. The summed E-state index contributed by atoms with van der Waals surface area (Å²) in [6, 6.07) is 4.98. The zero-order chi connectivity index (χ0) is 12.1. The van der Waals surface area contributed by atoms with Crippen molar-refractivity contribution in [3.05, 3.63) is 29.6 Å². The predicted octanol–water partition coefficient (Wildman–Crippen LogP) is 3.08. The SMILES string of the molecule is CCCN(CC)c1c(F)cccc1[C@@H](C)N. The van der Waals surface area contributed by atoms with E-state index in [-0.39, 0.29) is 11.9 Å². The van der Waals surface area contributed by atoms with Gasteiger partial charge in [-0.15, -0.1) is 0 Å². The van der Waals surface area contributed by atoms with Gasteiger partial charge in [-0.2, -0.15) is 0 Å². The first-order valence-corrected chi connectivity index (χ1v) is 5.90. The van der Waals surface area contributed by atoms with Crippen molar-refractivity contribution in [2.75, 3.05) is 18.0 Å². The standard InChI is InChI=1S/C13H21FN2/c1-4-9-16(5-2)13-11(10(3)15)7-6-8-12(13)14/h6-8,10H,4-5,9,15H2,1-3H3/t10-/m1/s1.